The first-order valence-corrected chi connectivity index (χ1v) is 14.8. The second kappa shape index (κ2) is 10.8. The molecular formula is C29H23ClN2O5S2. The Hall–Kier alpha value is -3.79. The number of carbonyl (C=O) groups excluding carboxylic acids is 1. The molecular weight excluding hydrogens is 556 g/mol. The maximum absolute atomic E-state index is 13.1. The fourth-order valence-electron chi connectivity index (χ4n) is 4.31. The molecule has 10 heteroatoms. The van der Waals surface area contributed by atoms with Gasteiger partial charge in [-0.3, -0.25) is 9.59 Å². The van der Waals surface area contributed by atoms with E-state index in [2.05, 4.69) is 4.98 Å². The van der Waals surface area contributed by atoms with Crippen LogP contribution in [0.3, 0.4) is 0 Å². The highest BCUT2D eigenvalue weighted by atomic mass is 35.5. The maximum atomic E-state index is 13.1. The van der Waals surface area contributed by atoms with Crippen molar-refractivity contribution < 1.29 is 17.9 Å². The first-order chi connectivity index (χ1) is 18.7. The number of aromatic nitrogens is 2. The van der Waals surface area contributed by atoms with Gasteiger partial charge in [-0.25, -0.2) is 13.4 Å². The summed E-state index contributed by atoms with van der Waals surface area (Å²) in [4.78, 5) is 30.5. The Kier molecular flexibility index (Phi) is 7.40. The van der Waals surface area contributed by atoms with Gasteiger partial charge in [0.25, 0.3) is 0 Å². The Balaban J connectivity index is 1.58. The Labute approximate surface area is 234 Å². The minimum Gasteiger partial charge on any atom is -0.497 e. The highest BCUT2D eigenvalue weighted by Gasteiger charge is 2.22. The van der Waals surface area contributed by atoms with E-state index in [1.54, 1.807) is 16.7 Å². The van der Waals surface area contributed by atoms with Crippen LogP contribution in [0.2, 0.25) is 5.02 Å². The molecule has 0 radical (unpaired) electrons. The lowest BCUT2D eigenvalue weighted by Crippen LogP contribution is -2.18. The second-order valence-corrected chi connectivity index (χ2v) is 12.4. The van der Waals surface area contributed by atoms with Gasteiger partial charge in [0.15, 0.2) is 15.6 Å². The first kappa shape index (κ1) is 26.8. The summed E-state index contributed by atoms with van der Waals surface area (Å²) in [6.45, 7) is 1.67. The lowest BCUT2D eigenvalue weighted by atomic mass is 9.99. The van der Waals surface area contributed by atoms with Gasteiger partial charge in [0.1, 0.15) is 26.9 Å². The fraction of sp³-hybridized carbons (Fsp3) is 0.138. The molecule has 0 atom stereocenters. The molecule has 0 fully saturated rings. The number of fused-ring (bicyclic) bond motifs is 1. The monoisotopic (exact) mass is 578 g/mol. The number of hydrogen-bond donors (Lipinski definition) is 0. The van der Waals surface area contributed by atoms with Crippen molar-refractivity contribution >= 4 is 48.9 Å². The van der Waals surface area contributed by atoms with E-state index in [-0.39, 0.29) is 32.5 Å². The molecule has 2 heterocycles. The van der Waals surface area contributed by atoms with Crippen molar-refractivity contribution in [3.05, 3.63) is 110 Å². The lowest BCUT2D eigenvalue weighted by molar-refractivity contribution is 0.101. The Morgan fingerprint density at radius 3 is 2.38 bits per heavy atom. The van der Waals surface area contributed by atoms with Crippen LogP contribution in [-0.2, 0) is 22.1 Å². The lowest BCUT2D eigenvalue weighted by Gasteiger charge is -2.14. The van der Waals surface area contributed by atoms with Gasteiger partial charge in [-0.2, -0.15) is 0 Å². The fourth-order valence-corrected chi connectivity index (χ4v) is 7.07. The minimum absolute atomic E-state index is 0.00124. The molecule has 0 N–H and O–H groups in total. The standard InChI is InChI=1S/C29H23ClN2O5S2/c1-18(33)25-16-32(15-20-5-3-4-6-24(20)19-7-9-21(30)10-8-19)29-27(28(25)34)31-26(38-29)17-39(35,36)23-13-11-22(37-2)12-14-23/h3-14,16H,15,17H2,1-2H3. The van der Waals surface area contributed by atoms with Crippen molar-refractivity contribution in [1.29, 1.82) is 0 Å². The van der Waals surface area contributed by atoms with E-state index in [9.17, 15) is 18.0 Å². The molecule has 0 aliphatic rings. The number of thiazole rings is 1. The van der Waals surface area contributed by atoms with Gasteiger partial charge in [0.2, 0.25) is 5.43 Å². The van der Waals surface area contributed by atoms with Gasteiger partial charge < -0.3 is 9.30 Å². The van der Waals surface area contributed by atoms with Crippen LogP contribution >= 0.6 is 22.9 Å². The predicted molar refractivity (Wildman–Crippen MR) is 154 cm³/mol. The van der Waals surface area contributed by atoms with Crippen LogP contribution in [0.4, 0.5) is 0 Å². The molecule has 5 rings (SSSR count). The summed E-state index contributed by atoms with van der Waals surface area (Å²) < 4.78 is 33.1. The summed E-state index contributed by atoms with van der Waals surface area (Å²) in [5.41, 5.74) is 2.45. The van der Waals surface area contributed by atoms with Crippen LogP contribution in [-0.4, -0.2) is 30.9 Å². The molecule has 3 aromatic carbocycles. The highest BCUT2D eigenvalue weighted by molar-refractivity contribution is 7.90. The Morgan fingerprint density at radius 2 is 1.72 bits per heavy atom. The van der Waals surface area contributed by atoms with E-state index in [0.29, 0.717) is 22.1 Å². The summed E-state index contributed by atoms with van der Waals surface area (Å²) in [7, 11) is -2.24. The van der Waals surface area contributed by atoms with Crippen LogP contribution in [0.25, 0.3) is 21.5 Å². The molecule has 2 aromatic heterocycles. The third kappa shape index (κ3) is 5.52. The van der Waals surface area contributed by atoms with Crippen molar-refractivity contribution in [3.8, 4) is 16.9 Å². The molecule has 198 valence electrons. The molecule has 0 amide bonds. The second-order valence-electron chi connectivity index (χ2n) is 8.92. The van der Waals surface area contributed by atoms with Crippen LogP contribution < -0.4 is 10.2 Å². The Bertz CT molecular complexity index is 1860. The molecule has 0 bridgehead atoms. The van der Waals surface area contributed by atoms with E-state index in [1.165, 1.54) is 32.4 Å². The SMILES string of the molecule is COc1ccc(S(=O)(=O)Cc2nc3c(=O)c(C(C)=O)cn(Cc4ccccc4-c4ccc(Cl)cc4)c3s2)cc1. The zero-order valence-electron chi connectivity index (χ0n) is 21.0. The average molecular weight is 579 g/mol. The molecule has 39 heavy (non-hydrogen) atoms. The van der Waals surface area contributed by atoms with E-state index >= 15 is 0 Å². The molecule has 0 aliphatic carbocycles. The number of Topliss-reactive ketones (excluding diaryl/α,β-unsaturated/α-hetero) is 1. The molecule has 0 spiro atoms. The summed E-state index contributed by atoms with van der Waals surface area (Å²) in [6.07, 6.45) is 1.53. The summed E-state index contributed by atoms with van der Waals surface area (Å²) >= 11 is 7.21. The number of methoxy groups -OCH3 is 1. The van der Waals surface area contributed by atoms with Crippen LogP contribution in [0, 0.1) is 0 Å². The van der Waals surface area contributed by atoms with E-state index in [0.717, 1.165) is 28.0 Å². The topological polar surface area (TPSA) is 95.3 Å². The number of hydrogen-bond acceptors (Lipinski definition) is 7. The molecule has 0 saturated carbocycles. The number of sulfone groups is 1. The van der Waals surface area contributed by atoms with Crippen LogP contribution in [0.15, 0.2) is 88.7 Å². The number of ether oxygens (including phenoxy) is 1. The van der Waals surface area contributed by atoms with Crippen molar-refractivity contribution in [2.24, 2.45) is 0 Å². The normalized spacial score (nSPS) is 11.6. The molecule has 0 aliphatic heterocycles. The van der Waals surface area contributed by atoms with E-state index < -0.39 is 15.3 Å². The van der Waals surface area contributed by atoms with Crippen LogP contribution in [0.1, 0.15) is 27.9 Å². The third-order valence-corrected chi connectivity index (χ3v) is 9.45. The number of benzene rings is 3. The molecule has 0 saturated heterocycles. The van der Waals surface area contributed by atoms with Gasteiger partial charge in [-0.05, 0) is 60.0 Å². The van der Waals surface area contributed by atoms with E-state index in [1.807, 2.05) is 48.5 Å². The first-order valence-electron chi connectivity index (χ1n) is 11.9. The predicted octanol–water partition coefficient (Wildman–Crippen LogP) is 6.01. The number of halogens is 1. The Morgan fingerprint density at radius 1 is 1.03 bits per heavy atom. The molecule has 5 aromatic rings. The number of carbonyl (C=O) groups is 1. The number of nitrogens with zero attached hydrogens (tertiary/aromatic N) is 2. The number of pyridine rings is 1. The number of ketones is 1. The van der Waals surface area contributed by atoms with Gasteiger partial charge in [-0.15, -0.1) is 0 Å². The van der Waals surface area contributed by atoms with Crippen molar-refractivity contribution in [2.75, 3.05) is 7.11 Å². The van der Waals surface area contributed by atoms with Gasteiger partial charge in [0, 0.05) is 17.8 Å². The smallest absolute Gasteiger partial charge is 0.219 e. The zero-order valence-corrected chi connectivity index (χ0v) is 23.4. The van der Waals surface area contributed by atoms with Crippen molar-refractivity contribution in [1.82, 2.24) is 9.55 Å². The van der Waals surface area contributed by atoms with Crippen molar-refractivity contribution in [2.45, 2.75) is 24.1 Å². The maximum Gasteiger partial charge on any atom is 0.219 e. The van der Waals surface area contributed by atoms with E-state index in [4.69, 9.17) is 16.3 Å². The van der Waals surface area contributed by atoms with Crippen LogP contribution in [0.5, 0.6) is 5.75 Å². The van der Waals surface area contributed by atoms with Gasteiger partial charge in [0.05, 0.1) is 17.6 Å². The third-order valence-electron chi connectivity index (χ3n) is 6.28. The summed E-state index contributed by atoms with van der Waals surface area (Å²) in [5, 5.41) is 0.893. The largest absolute Gasteiger partial charge is 0.497 e. The summed E-state index contributed by atoms with van der Waals surface area (Å²) in [5.74, 6) is -0.224. The van der Waals surface area contributed by atoms with Gasteiger partial charge in [-0.1, -0.05) is 59.3 Å². The molecule has 0 unspecified atom stereocenters. The minimum atomic E-state index is -3.74. The van der Waals surface area contributed by atoms with Crippen molar-refractivity contribution in [3.63, 3.8) is 0 Å². The average Bonchev–Trinajstić information content (AvgIpc) is 3.35. The number of rotatable bonds is 8. The summed E-state index contributed by atoms with van der Waals surface area (Å²) in [6, 6.07) is 21.4. The van der Waals surface area contributed by atoms with Gasteiger partial charge >= 0.3 is 0 Å². The zero-order chi connectivity index (χ0) is 27.7. The molecule has 7 nitrogen and oxygen atoms in total. The quantitative estimate of drug-likeness (QED) is 0.209. The highest BCUT2D eigenvalue weighted by Crippen LogP contribution is 2.29.